The summed E-state index contributed by atoms with van der Waals surface area (Å²) in [6.45, 7) is 9.02. The number of halogens is 1. The van der Waals surface area contributed by atoms with Crippen LogP contribution in [0.5, 0.6) is 17.2 Å². The van der Waals surface area contributed by atoms with Crippen LogP contribution in [0.15, 0.2) is 36.4 Å². The summed E-state index contributed by atoms with van der Waals surface area (Å²) in [6, 6.07) is 11.9. The van der Waals surface area contributed by atoms with Crippen molar-refractivity contribution in [2.75, 3.05) is 27.9 Å². The highest BCUT2D eigenvalue weighted by Crippen LogP contribution is 2.42. The van der Waals surface area contributed by atoms with Crippen LogP contribution in [-0.4, -0.2) is 50.0 Å². The highest BCUT2D eigenvalue weighted by Gasteiger charge is 2.41. The number of hydrogen-bond donors (Lipinski definition) is 0. The van der Waals surface area contributed by atoms with Crippen LogP contribution in [0.2, 0.25) is 0 Å². The van der Waals surface area contributed by atoms with Gasteiger partial charge in [-0.1, -0.05) is 6.07 Å². The van der Waals surface area contributed by atoms with Gasteiger partial charge in [-0.2, -0.15) is 4.58 Å². The number of benzene rings is 2. The zero-order valence-corrected chi connectivity index (χ0v) is 20.4. The van der Waals surface area contributed by atoms with E-state index in [1.165, 1.54) is 0 Å². The van der Waals surface area contributed by atoms with Gasteiger partial charge in [-0.3, -0.25) is 0 Å². The average molecular weight is 511 g/mol. The number of likely N-dealkylation sites (N-methyl/N-ethyl adjacent to an activating group) is 1. The van der Waals surface area contributed by atoms with Gasteiger partial charge in [-0.05, 0) is 38.1 Å². The maximum atomic E-state index is 6.17. The van der Waals surface area contributed by atoms with Crippen molar-refractivity contribution < 1.29 is 47.5 Å². The molecule has 0 aromatic heterocycles. The Hall–Kier alpha value is -1.96. The van der Waals surface area contributed by atoms with Crippen LogP contribution >= 0.6 is 0 Å². The molecular weight excluding hydrogens is 481 g/mol. The molecule has 0 saturated heterocycles. The summed E-state index contributed by atoms with van der Waals surface area (Å²) in [5.74, 6) is 3.10. The average Bonchev–Trinajstić information content (AvgIpc) is 2.93. The van der Waals surface area contributed by atoms with Crippen LogP contribution < -0.4 is 38.2 Å². The smallest absolute Gasteiger partial charge is 0.371 e. The Morgan fingerprint density at radius 1 is 1.00 bits per heavy atom. The first-order chi connectivity index (χ1) is 13.3. The summed E-state index contributed by atoms with van der Waals surface area (Å²) < 4.78 is 25.5. The lowest BCUT2D eigenvalue weighted by atomic mass is 9.96. The van der Waals surface area contributed by atoms with Crippen molar-refractivity contribution in [3.8, 4) is 28.4 Å². The van der Waals surface area contributed by atoms with Crippen LogP contribution in [-0.2, 0) is 4.74 Å². The molecule has 1 aliphatic rings. The van der Waals surface area contributed by atoms with Crippen molar-refractivity contribution in [2.45, 2.75) is 39.3 Å². The van der Waals surface area contributed by atoms with E-state index in [2.05, 4.69) is 31.5 Å². The van der Waals surface area contributed by atoms with Crippen molar-refractivity contribution in [1.82, 2.24) is 0 Å². The lowest BCUT2D eigenvalue weighted by Gasteiger charge is -2.19. The van der Waals surface area contributed by atoms with Gasteiger partial charge < -0.3 is 42.9 Å². The highest BCUT2D eigenvalue weighted by molar-refractivity contribution is 6.01. The molecule has 0 bridgehead atoms. The van der Waals surface area contributed by atoms with Crippen molar-refractivity contribution in [3.63, 3.8) is 0 Å². The van der Waals surface area contributed by atoms with E-state index in [1.807, 2.05) is 44.2 Å². The molecule has 2 aromatic carbocycles. The van der Waals surface area contributed by atoms with Crippen molar-refractivity contribution in [1.29, 1.82) is 0 Å². The van der Waals surface area contributed by atoms with Gasteiger partial charge in [0.1, 0.15) is 24.3 Å². The molecular formula is C23H30INO4. The first-order valence-corrected chi connectivity index (χ1v) is 9.54. The van der Waals surface area contributed by atoms with Crippen LogP contribution in [0.3, 0.4) is 0 Å². The number of methoxy groups -OCH3 is 2. The number of hydrogen-bond acceptors (Lipinski definition) is 4. The molecule has 0 radical (unpaired) electrons. The maximum absolute atomic E-state index is 6.17. The number of nitrogens with zero attached hydrogens (tertiary/aromatic N) is 1. The minimum Gasteiger partial charge on any atom is -1.00 e. The lowest BCUT2D eigenvalue weighted by Crippen LogP contribution is -3.00. The molecule has 1 aliphatic heterocycles. The van der Waals surface area contributed by atoms with Gasteiger partial charge in [-0.25, -0.2) is 0 Å². The van der Waals surface area contributed by atoms with Crippen LogP contribution in [0.25, 0.3) is 11.1 Å². The normalized spacial score (nSPS) is 15.0. The molecule has 3 rings (SSSR count). The SMILES string of the molecule is COc1ccc(-c2c(OC(C)C)cccc2C2=[N+](C)C(C)(C)CO2)c(OC)c1.[I-]. The second-order valence-electron chi connectivity index (χ2n) is 7.88. The van der Waals surface area contributed by atoms with Crippen molar-refractivity contribution in [3.05, 3.63) is 42.0 Å². The van der Waals surface area contributed by atoms with Gasteiger partial charge in [-0.15, -0.1) is 0 Å². The number of rotatable bonds is 6. The van der Waals surface area contributed by atoms with Gasteiger partial charge in [0.15, 0.2) is 12.1 Å². The Bertz CT molecular complexity index is 906. The van der Waals surface area contributed by atoms with Crippen LogP contribution in [0.1, 0.15) is 33.3 Å². The summed E-state index contributed by atoms with van der Waals surface area (Å²) in [5.41, 5.74) is 2.79. The molecule has 0 spiro atoms. The van der Waals surface area contributed by atoms with E-state index >= 15 is 0 Å². The Balaban J connectivity index is 0.00000300. The zero-order valence-electron chi connectivity index (χ0n) is 18.2. The quantitative estimate of drug-likeness (QED) is 0.434. The fourth-order valence-electron chi connectivity index (χ4n) is 3.32. The molecule has 2 aromatic rings. The van der Waals surface area contributed by atoms with Crippen molar-refractivity contribution in [2.24, 2.45) is 0 Å². The third-order valence-corrected chi connectivity index (χ3v) is 5.07. The van der Waals surface area contributed by atoms with E-state index in [9.17, 15) is 0 Å². The Morgan fingerprint density at radius 2 is 1.72 bits per heavy atom. The molecule has 0 atom stereocenters. The second kappa shape index (κ2) is 9.24. The molecule has 0 unspecified atom stereocenters. The summed E-state index contributed by atoms with van der Waals surface area (Å²) in [7, 11) is 5.38. The van der Waals surface area contributed by atoms with E-state index in [0.29, 0.717) is 6.61 Å². The summed E-state index contributed by atoms with van der Waals surface area (Å²) in [4.78, 5) is 0. The minimum absolute atomic E-state index is 0. The van der Waals surface area contributed by atoms with E-state index < -0.39 is 0 Å². The lowest BCUT2D eigenvalue weighted by molar-refractivity contribution is -0.562. The topological polar surface area (TPSA) is 39.9 Å². The zero-order chi connectivity index (χ0) is 20.5. The second-order valence-corrected chi connectivity index (χ2v) is 7.88. The standard InChI is InChI=1S/C23H30NO4.HI/c1-15(2)28-19-10-8-9-18(22-24(5)23(3,4)14-27-22)21(19)17-12-11-16(25-6)13-20(17)26-7;/h8-13,15H,14H2,1-7H3;1H/q+1;/p-1. The summed E-state index contributed by atoms with van der Waals surface area (Å²) >= 11 is 0. The monoisotopic (exact) mass is 511 g/mol. The minimum atomic E-state index is -0.0779. The van der Waals surface area contributed by atoms with Crippen molar-refractivity contribution >= 4 is 5.90 Å². The Kier molecular flexibility index (Phi) is 7.43. The molecule has 0 saturated carbocycles. The third kappa shape index (κ3) is 4.63. The highest BCUT2D eigenvalue weighted by atomic mass is 127. The third-order valence-electron chi connectivity index (χ3n) is 5.07. The Labute approximate surface area is 190 Å². The van der Waals surface area contributed by atoms with Crippen LogP contribution in [0.4, 0.5) is 0 Å². The maximum Gasteiger partial charge on any atom is 0.371 e. The van der Waals surface area contributed by atoms with Gasteiger partial charge >= 0.3 is 5.90 Å². The molecule has 0 aliphatic carbocycles. The number of ether oxygens (including phenoxy) is 4. The van der Waals surface area contributed by atoms with E-state index in [4.69, 9.17) is 18.9 Å². The fourth-order valence-corrected chi connectivity index (χ4v) is 3.32. The molecule has 0 amide bonds. The van der Waals surface area contributed by atoms with Crippen LogP contribution in [0, 0.1) is 0 Å². The Morgan fingerprint density at radius 3 is 2.28 bits per heavy atom. The predicted octanol–water partition coefficient (Wildman–Crippen LogP) is 1.36. The summed E-state index contributed by atoms with van der Waals surface area (Å²) in [6.07, 6.45) is 0.0434. The summed E-state index contributed by atoms with van der Waals surface area (Å²) in [5, 5.41) is 0. The van der Waals surface area contributed by atoms with E-state index in [1.54, 1.807) is 14.2 Å². The van der Waals surface area contributed by atoms with E-state index in [-0.39, 0.29) is 35.6 Å². The van der Waals surface area contributed by atoms with Gasteiger partial charge in [0.25, 0.3) is 0 Å². The van der Waals surface area contributed by atoms with E-state index in [0.717, 1.165) is 39.8 Å². The van der Waals surface area contributed by atoms with Gasteiger partial charge in [0.05, 0.1) is 25.9 Å². The molecule has 0 N–H and O–H groups in total. The molecule has 5 nitrogen and oxygen atoms in total. The fraction of sp³-hybridized carbons (Fsp3) is 0.435. The molecule has 29 heavy (non-hydrogen) atoms. The first-order valence-electron chi connectivity index (χ1n) is 9.54. The molecule has 6 heteroatoms. The largest absolute Gasteiger partial charge is 1.00 e. The predicted molar refractivity (Wildman–Crippen MR) is 111 cm³/mol. The van der Waals surface area contributed by atoms with Gasteiger partial charge in [0, 0.05) is 31.0 Å². The molecule has 1 heterocycles. The molecule has 158 valence electrons. The first kappa shape index (κ1) is 23.3. The molecule has 0 fully saturated rings. The van der Waals surface area contributed by atoms with Gasteiger partial charge in [0.2, 0.25) is 0 Å².